The summed E-state index contributed by atoms with van der Waals surface area (Å²) < 4.78 is 5.37. The van der Waals surface area contributed by atoms with Gasteiger partial charge in [-0.3, -0.25) is 43.2 Å². The maximum absolute atomic E-state index is 14.2. The first-order chi connectivity index (χ1) is 32.5. The minimum absolute atomic E-state index is 0.0626. The van der Waals surface area contributed by atoms with Crippen molar-refractivity contribution < 1.29 is 57.8 Å². The van der Waals surface area contributed by atoms with Gasteiger partial charge in [-0.05, 0) is 48.3 Å². The number of esters is 1. The number of carbonyl (C=O) groups excluding carboxylic acids is 9. The van der Waals surface area contributed by atoms with Gasteiger partial charge in [0.2, 0.25) is 47.3 Å². The predicted octanol–water partition coefficient (Wildman–Crippen LogP) is 0.210. The van der Waals surface area contributed by atoms with Crippen LogP contribution in [0.15, 0.2) is 91.0 Å². The quantitative estimate of drug-likeness (QED) is 0.0464. The van der Waals surface area contributed by atoms with Gasteiger partial charge in [-0.1, -0.05) is 105 Å². The average Bonchev–Trinajstić information content (AvgIpc) is 3.76. The molecule has 0 spiro atoms. The molecule has 0 aromatic heterocycles. The molecule has 1 aliphatic heterocycles. The van der Waals surface area contributed by atoms with E-state index in [1.165, 1.54) is 0 Å². The van der Waals surface area contributed by atoms with Crippen molar-refractivity contribution in [3.63, 3.8) is 0 Å². The summed E-state index contributed by atoms with van der Waals surface area (Å²) in [6.07, 6.45) is -0.994. The average molecular weight is 941 g/mol. The minimum Gasteiger partial charge on any atom is -0.481 e. The lowest BCUT2D eigenvalue weighted by Crippen LogP contribution is -2.59. The first-order valence-electron chi connectivity index (χ1n) is 22.3. The van der Waals surface area contributed by atoms with Gasteiger partial charge in [-0.15, -0.1) is 0 Å². The largest absolute Gasteiger partial charge is 0.481 e. The van der Waals surface area contributed by atoms with E-state index in [2.05, 4.69) is 37.2 Å². The van der Waals surface area contributed by atoms with Crippen molar-refractivity contribution in [3.05, 3.63) is 108 Å². The summed E-state index contributed by atoms with van der Waals surface area (Å²) in [6.45, 7) is 2.81. The van der Waals surface area contributed by atoms with E-state index < -0.39 is 103 Å². The Morgan fingerprint density at radius 3 is 1.66 bits per heavy atom. The van der Waals surface area contributed by atoms with E-state index in [1.807, 2.05) is 0 Å². The number of amides is 8. The normalized spacial score (nSPS) is 15.2. The number of ether oxygens (including phenoxy) is 1. The van der Waals surface area contributed by atoms with E-state index >= 15 is 0 Å². The SMILES string of the molecule is CC(C)C[C@H](NC(=O)CNC(=O)[C@H](Cc1ccccc1)NC(=O)[C@H](Cc1ccccc1)NC(=O)[C@H](CCC(N)=O)NC(=O)[C@@H]1CCC(=O)N1)C(=O)N[C@@H](CCC(=O)O)C(=O)OCc1ccccc1. The lowest BCUT2D eigenvalue weighted by atomic mass is 10.0. The second-order valence-electron chi connectivity index (χ2n) is 16.8. The molecule has 1 fully saturated rings. The number of nitrogens with one attached hydrogen (secondary N) is 7. The van der Waals surface area contributed by atoms with Gasteiger partial charge in [0, 0.05) is 32.1 Å². The molecule has 1 saturated heterocycles. The number of carboxylic acids is 1. The van der Waals surface area contributed by atoms with Crippen LogP contribution >= 0.6 is 0 Å². The fourth-order valence-electron chi connectivity index (χ4n) is 7.16. The van der Waals surface area contributed by atoms with E-state index in [4.69, 9.17) is 10.5 Å². The van der Waals surface area contributed by atoms with E-state index in [-0.39, 0.29) is 69.8 Å². The van der Waals surface area contributed by atoms with Gasteiger partial charge in [0.05, 0.1) is 6.54 Å². The minimum atomic E-state index is -1.35. The highest BCUT2D eigenvalue weighted by atomic mass is 16.5. The maximum Gasteiger partial charge on any atom is 0.328 e. The van der Waals surface area contributed by atoms with Gasteiger partial charge in [0.25, 0.3) is 0 Å². The molecule has 1 heterocycles. The third kappa shape index (κ3) is 18.7. The molecular weight excluding hydrogens is 881 g/mol. The molecule has 1 aliphatic rings. The maximum atomic E-state index is 14.2. The number of nitrogens with two attached hydrogens (primary N) is 1. The summed E-state index contributed by atoms with van der Waals surface area (Å²) in [6, 6.07) is 18.5. The third-order valence-electron chi connectivity index (χ3n) is 10.7. The van der Waals surface area contributed by atoms with E-state index in [0.29, 0.717) is 16.7 Å². The van der Waals surface area contributed by atoms with E-state index in [0.717, 1.165) is 0 Å². The molecule has 20 nitrogen and oxygen atoms in total. The van der Waals surface area contributed by atoms with Crippen molar-refractivity contribution in [2.24, 2.45) is 11.7 Å². The molecule has 68 heavy (non-hydrogen) atoms. The summed E-state index contributed by atoms with van der Waals surface area (Å²) in [5.41, 5.74) is 7.28. The van der Waals surface area contributed by atoms with Crippen LogP contribution in [0.3, 0.4) is 0 Å². The zero-order valence-electron chi connectivity index (χ0n) is 38.0. The van der Waals surface area contributed by atoms with Crippen LogP contribution < -0.4 is 43.0 Å². The number of primary amides is 1. The van der Waals surface area contributed by atoms with Crippen molar-refractivity contribution in [1.29, 1.82) is 0 Å². The monoisotopic (exact) mass is 940 g/mol. The standard InChI is InChI=1S/C48H60N8O12/c1-29(2)24-36(46(65)54-35(20-23-42(60)61)48(67)68-28-32-16-10-5-11-17-32)52-41(59)27-50-43(62)37(25-30-12-6-3-7-13-30)55-47(66)38(26-31-14-8-4-9-15-31)56-45(64)34(18-21-39(49)57)53-44(63)33-19-22-40(58)51-33/h3-17,29,33-38H,18-28H2,1-2H3,(H2,49,57)(H,50,62)(H,51,58)(H,52,59)(H,53,63)(H,54,65)(H,55,66)(H,56,64)(H,60,61)/t33-,34-,35-,36-,37-,38-/m0/s1. The Labute approximate surface area is 393 Å². The molecule has 8 amide bonds. The molecular formula is C48H60N8O12. The molecule has 0 bridgehead atoms. The van der Waals surface area contributed by atoms with E-state index in [1.54, 1.807) is 105 Å². The Hall–Kier alpha value is -7.64. The Kier molecular flexibility index (Phi) is 21.1. The fourth-order valence-corrected chi connectivity index (χ4v) is 7.16. The molecule has 0 unspecified atom stereocenters. The lowest BCUT2D eigenvalue weighted by Gasteiger charge is -2.26. The Morgan fingerprint density at radius 2 is 1.15 bits per heavy atom. The second-order valence-corrected chi connectivity index (χ2v) is 16.8. The number of benzene rings is 3. The highest BCUT2D eigenvalue weighted by Crippen LogP contribution is 2.12. The smallest absolute Gasteiger partial charge is 0.328 e. The summed E-state index contributed by atoms with van der Waals surface area (Å²) in [7, 11) is 0. The summed E-state index contributed by atoms with van der Waals surface area (Å²) in [4.78, 5) is 130. The number of rotatable bonds is 27. The molecule has 6 atom stereocenters. The Balaban J connectivity index is 1.49. The number of hydrogen-bond acceptors (Lipinski definition) is 11. The van der Waals surface area contributed by atoms with Gasteiger partial charge < -0.3 is 52.8 Å². The Bertz CT molecular complexity index is 2230. The molecule has 0 saturated carbocycles. The van der Waals surface area contributed by atoms with Gasteiger partial charge in [0.1, 0.15) is 42.9 Å². The van der Waals surface area contributed by atoms with Crippen LogP contribution in [0.4, 0.5) is 0 Å². The van der Waals surface area contributed by atoms with Gasteiger partial charge in [-0.25, -0.2) is 4.79 Å². The summed E-state index contributed by atoms with van der Waals surface area (Å²) >= 11 is 0. The van der Waals surface area contributed by atoms with Crippen molar-refractivity contribution in [1.82, 2.24) is 37.2 Å². The Morgan fingerprint density at radius 1 is 0.647 bits per heavy atom. The number of carboxylic acid groups (broad SMARTS) is 1. The van der Waals surface area contributed by atoms with Crippen LogP contribution in [-0.2, 0) is 72.1 Å². The van der Waals surface area contributed by atoms with Crippen LogP contribution in [0.1, 0.15) is 75.5 Å². The second kappa shape index (κ2) is 27.1. The number of carbonyl (C=O) groups is 10. The molecule has 4 rings (SSSR count). The van der Waals surface area contributed by atoms with Gasteiger partial charge in [0.15, 0.2) is 0 Å². The van der Waals surface area contributed by atoms with Crippen molar-refractivity contribution >= 4 is 59.2 Å². The molecule has 20 heteroatoms. The number of aliphatic carboxylic acids is 1. The van der Waals surface area contributed by atoms with Gasteiger partial charge >= 0.3 is 11.9 Å². The number of hydrogen-bond donors (Lipinski definition) is 9. The summed E-state index contributed by atoms with van der Waals surface area (Å²) in [5, 5.41) is 27.3. The third-order valence-corrected chi connectivity index (χ3v) is 10.7. The van der Waals surface area contributed by atoms with Crippen molar-refractivity contribution in [2.75, 3.05) is 6.54 Å². The van der Waals surface area contributed by atoms with Crippen molar-refractivity contribution in [3.8, 4) is 0 Å². The van der Waals surface area contributed by atoms with Crippen LogP contribution in [0.25, 0.3) is 0 Å². The first kappa shape index (κ1) is 53.0. The van der Waals surface area contributed by atoms with Crippen LogP contribution in [0.2, 0.25) is 0 Å². The lowest BCUT2D eigenvalue weighted by molar-refractivity contribution is -0.150. The molecule has 3 aromatic rings. The summed E-state index contributed by atoms with van der Waals surface area (Å²) in [5.74, 6) is -7.99. The zero-order chi connectivity index (χ0) is 49.6. The molecule has 364 valence electrons. The molecule has 3 aromatic carbocycles. The molecule has 0 radical (unpaired) electrons. The fraction of sp³-hybridized carbons (Fsp3) is 0.417. The topological polar surface area (TPSA) is 310 Å². The van der Waals surface area contributed by atoms with Crippen LogP contribution in [0, 0.1) is 5.92 Å². The highest BCUT2D eigenvalue weighted by Gasteiger charge is 2.34. The van der Waals surface area contributed by atoms with Gasteiger partial charge in [-0.2, -0.15) is 0 Å². The highest BCUT2D eigenvalue weighted by molar-refractivity contribution is 5.97. The molecule has 10 N–H and O–H groups in total. The molecule has 0 aliphatic carbocycles. The van der Waals surface area contributed by atoms with Crippen molar-refractivity contribution in [2.45, 2.75) is 114 Å². The first-order valence-corrected chi connectivity index (χ1v) is 22.3. The predicted molar refractivity (Wildman–Crippen MR) is 245 cm³/mol. The van der Waals surface area contributed by atoms with Crippen LogP contribution in [-0.4, -0.2) is 107 Å². The van der Waals surface area contributed by atoms with E-state index in [9.17, 15) is 53.1 Å². The zero-order valence-corrected chi connectivity index (χ0v) is 38.0. The van der Waals surface area contributed by atoms with Crippen LogP contribution in [0.5, 0.6) is 0 Å².